The summed E-state index contributed by atoms with van der Waals surface area (Å²) in [6.45, 7) is 2.38. The molecule has 0 saturated heterocycles. The molecular formula is C24H18ClFN2O3. The molecule has 0 fully saturated rings. The lowest BCUT2D eigenvalue weighted by Gasteiger charge is -2.16. The van der Waals surface area contributed by atoms with E-state index in [0.717, 1.165) is 4.90 Å². The topological polar surface area (TPSA) is 58.6 Å². The third-order valence-corrected chi connectivity index (χ3v) is 4.99. The number of amides is 2. The number of nitrogens with one attached hydrogen (secondary N) is 1. The van der Waals surface area contributed by atoms with Gasteiger partial charge in [-0.1, -0.05) is 23.7 Å². The Balaban J connectivity index is 1.75. The Labute approximate surface area is 183 Å². The van der Waals surface area contributed by atoms with Crippen LogP contribution in [0.25, 0.3) is 5.57 Å². The van der Waals surface area contributed by atoms with Crippen LogP contribution >= 0.6 is 11.6 Å². The number of hydrogen-bond donors (Lipinski definition) is 1. The fraction of sp³-hybridized carbons (Fsp3) is 0.0833. The molecule has 0 spiro atoms. The molecular weight excluding hydrogens is 419 g/mol. The number of anilines is 2. The van der Waals surface area contributed by atoms with Gasteiger partial charge in [-0.05, 0) is 73.2 Å². The van der Waals surface area contributed by atoms with Gasteiger partial charge in [-0.25, -0.2) is 9.29 Å². The minimum Gasteiger partial charge on any atom is -0.494 e. The third-order valence-electron chi connectivity index (χ3n) is 4.74. The Hall–Kier alpha value is -3.64. The second kappa shape index (κ2) is 8.62. The summed E-state index contributed by atoms with van der Waals surface area (Å²) in [7, 11) is 0. The second-order valence-electron chi connectivity index (χ2n) is 6.76. The van der Waals surface area contributed by atoms with Crippen LogP contribution in [0.5, 0.6) is 5.75 Å². The van der Waals surface area contributed by atoms with E-state index >= 15 is 0 Å². The normalized spacial score (nSPS) is 13.7. The van der Waals surface area contributed by atoms with Gasteiger partial charge in [-0.15, -0.1) is 0 Å². The van der Waals surface area contributed by atoms with E-state index in [1.165, 1.54) is 24.3 Å². The van der Waals surface area contributed by atoms with Crippen molar-refractivity contribution >= 4 is 40.4 Å². The van der Waals surface area contributed by atoms with Crippen LogP contribution in [0.2, 0.25) is 5.02 Å². The summed E-state index contributed by atoms with van der Waals surface area (Å²) in [6, 6.07) is 18.9. The average molecular weight is 437 g/mol. The largest absolute Gasteiger partial charge is 0.494 e. The lowest BCUT2D eigenvalue weighted by molar-refractivity contribution is -0.120. The summed E-state index contributed by atoms with van der Waals surface area (Å²) in [5.74, 6) is -0.743. The maximum atomic E-state index is 13.4. The zero-order valence-corrected chi connectivity index (χ0v) is 17.3. The number of imide groups is 1. The van der Waals surface area contributed by atoms with Gasteiger partial charge in [0.2, 0.25) is 0 Å². The van der Waals surface area contributed by atoms with Crippen LogP contribution in [-0.4, -0.2) is 18.4 Å². The molecule has 156 valence electrons. The van der Waals surface area contributed by atoms with Gasteiger partial charge in [0.1, 0.15) is 17.3 Å². The third kappa shape index (κ3) is 4.15. The molecule has 3 aromatic carbocycles. The molecule has 1 N–H and O–H groups in total. The number of carbonyl (C=O) groups is 2. The summed E-state index contributed by atoms with van der Waals surface area (Å²) >= 11 is 5.99. The van der Waals surface area contributed by atoms with Crippen molar-refractivity contribution < 1.29 is 18.7 Å². The Bertz CT molecular complexity index is 1160. The molecule has 4 rings (SSSR count). The maximum absolute atomic E-state index is 13.4. The van der Waals surface area contributed by atoms with Crippen molar-refractivity contribution in [3.63, 3.8) is 0 Å². The van der Waals surface area contributed by atoms with Crippen LogP contribution in [0, 0.1) is 5.82 Å². The molecule has 0 radical (unpaired) electrons. The van der Waals surface area contributed by atoms with Crippen LogP contribution in [0.4, 0.5) is 15.8 Å². The van der Waals surface area contributed by atoms with Crippen LogP contribution < -0.4 is 15.0 Å². The Morgan fingerprint density at radius 1 is 0.903 bits per heavy atom. The van der Waals surface area contributed by atoms with Crippen molar-refractivity contribution in [3.8, 4) is 5.75 Å². The highest BCUT2D eigenvalue weighted by molar-refractivity contribution is 6.46. The standard InChI is InChI=1S/C24H18ClFN2O3/c1-2-31-20-13-11-19(12-14-20)28-23(29)21(15-3-5-16(25)6-4-15)22(24(28)30)27-18-9-7-17(26)8-10-18/h3-14,27H,2H2,1H3. The van der Waals surface area contributed by atoms with E-state index in [-0.39, 0.29) is 11.3 Å². The minimum atomic E-state index is -0.511. The van der Waals surface area contributed by atoms with Crippen molar-refractivity contribution in [2.75, 3.05) is 16.8 Å². The van der Waals surface area contributed by atoms with Gasteiger partial charge in [0.15, 0.2) is 0 Å². The predicted molar refractivity (Wildman–Crippen MR) is 118 cm³/mol. The van der Waals surface area contributed by atoms with Crippen molar-refractivity contribution in [2.24, 2.45) is 0 Å². The van der Waals surface area contributed by atoms with Gasteiger partial charge in [0.25, 0.3) is 11.8 Å². The summed E-state index contributed by atoms with van der Waals surface area (Å²) in [5.41, 5.74) is 1.76. The molecule has 0 aromatic heterocycles. The molecule has 1 aliphatic rings. The van der Waals surface area contributed by atoms with Gasteiger partial charge >= 0.3 is 0 Å². The molecule has 3 aromatic rings. The van der Waals surface area contributed by atoms with Crippen molar-refractivity contribution in [1.29, 1.82) is 0 Å². The molecule has 5 nitrogen and oxygen atoms in total. The SMILES string of the molecule is CCOc1ccc(N2C(=O)C(Nc3ccc(F)cc3)=C(c3ccc(Cl)cc3)C2=O)cc1. The first-order chi connectivity index (χ1) is 15.0. The van der Waals surface area contributed by atoms with Crippen LogP contribution in [0.1, 0.15) is 12.5 Å². The van der Waals surface area contributed by atoms with Crippen molar-refractivity contribution in [1.82, 2.24) is 0 Å². The zero-order valence-electron chi connectivity index (χ0n) is 16.6. The van der Waals surface area contributed by atoms with E-state index in [2.05, 4.69) is 5.32 Å². The molecule has 0 bridgehead atoms. The summed E-state index contributed by atoms with van der Waals surface area (Å²) in [6.07, 6.45) is 0. The molecule has 0 saturated carbocycles. The molecule has 0 aliphatic carbocycles. The minimum absolute atomic E-state index is 0.104. The first kappa shape index (κ1) is 20.6. The van der Waals surface area contributed by atoms with Crippen LogP contribution in [0.3, 0.4) is 0 Å². The molecule has 0 unspecified atom stereocenters. The van der Waals surface area contributed by atoms with Crippen LogP contribution in [-0.2, 0) is 9.59 Å². The molecule has 31 heavy (non-hydrogen) atoms. The monoisotopic (exact) mass is 436 g/mol. The van der Waals surface area contributed by atoms with Gasteiger partial charge in [0, 0.05) is 10.7 Å². The molecule has 1 aliphatic heterocycles. The van der Waals surface area contributed by atoms with E-state index in [9.17, 15) is 14.0 Å². The Morgan fingerprint density at radius 2 is 1.55 bits per heavy atom. The molecule has 2 amide bonds. The number of ether oxygens (including phenoxy) is 1. The number of benzene rings is 3. The number of nitrogens with zero attached hydrogens (tertiary/aromatic N) is 1. The van der Waals surface area contributed by atoms with Gasteiger partial charge in [0.05, 0.1) is 17.9 Å². The smallest absolute Gasteiger partial charge is 0.282 e. The second-order valence-corrected chi connectivity index (χ2v) is 7.20. The summed E-state index contributed by atoms with van der Waals surface area (Å²) < 4.78 is 18.7. The molecule has 1 heterocycles. The molecule has 0 atom stereocenters. The Kier molecular flexibility index (Phi) is 5.73. The average Bonchev–Trinajstić information content (AvgIpc) is 3.01. The maximum Gasteiger partial charge on any atom is 0.282 e. The van der Waals surface area contributed by atoms with Crippen LogP contribution in [0.15, 0.2) is 78.5 Å². The highest BCUT2D eigenvalue weighted by Crippen LogP contribution is 2.34. The lowest BCUT2D eigenvalue weighted by atomic mass is 10.0. The first-order valence-electron chi connectivity index (χ1n) is 9.62. The van der Waals surface area contributed by atoms with E-state index in [1.54, 1.807) is 48.5 Å². The highest BCUT2D eigenvalue weighted by Gasteiger charge is 2.40. The number of hydrogen-bond acceptors (Lipinski definition) is 4. The van der Waals surface area contributed by atoms with E-state index < -0.39 is 17.6 Å². The Morgan fingerprint density at radius 3 is 2.16 bits per heavy atom. The number of rotatable bonds is 6. The fourth-order valence-electron chi connectivity index (χ4n) is 3.30. The number of halogens is 2. The highest BCUT2D eigenvalue weighted by atomic mass is 35.5. The predicted octanol–water partition coefficient (Wildman–Crippen LogP) is 5.27. The quantitative estimate of drug-likeness (QED) is 0.534. The lowest BCUT2D eigenvalue weighted by Crippen LogP contribution is -2.32. The first-order valence-corrected chi connectivity index (χ1v) is 10.00. The van der Waals surface area contributed by atoms with Gasteiger partial charge in [-0.3, -0.25) is 9.59 Å². The van der Waals surface area contributed by atoms with Crippen molar-refractivity contribution in [2.45, 2.75) is 6.92 Å². The zero-order chi connectivity index (χ0) is 22.0. The van der Waals surface area contributed by atoms with Gasteiger partial charge in [-0.2, -0.15) is 0 Å². The van der Waals surface area contributed by atoms with E-state index in [4.69, 9.17) is 16.3 Å². The summed E-state index contributed by atoms with van der Waals surface area (Å²) in [5, 5.41) is 3.50. The number of carbonyl (C=O) groups excluding carboxylic acids is 2. The van der Waals surface area contributed by atoms with E-state index in [0.29, 0.717) is 34.3 Å². The fourth-order valence-corrected chi connectivity index (χ4v) is 3.43. The molecule has 7 heteroatoms. The van der Waals surface area contributed by atoms with Gasteiger partial charge < -0.3 is 10.1 Å². The van der Waals surface area contributed by atoms with E-state index in [1.807, 2.05) is 6.92 Å². The summed E-state index contributed by atoms with van der Waals surface area (Å²) in [4.78, 5) is 27.8. The van der Waals surface area contributed by atoms with Crippen molar-refractivity contribution in [3.05, 3.63) is 94.9 Å².